The zero-order chi connectivity index (χ0) is 18.5. The van der Waals surface area contributed by atoms with Crippen LogP contribution >= 0.6 is 0 Å². The van der Waals surface area contributed by atoms with Crippen LogP contribution in [0.15, 0.2) is 59.6 Å². The van der Waals surface area contributed by atoms with E-state index in [1.807, 2.05) is 67.5 Å². The highest BCUT2D eigenvalue weighted by molar-refractivity contribution is 6.16. The molecule has 1 unspecified atom stereocenters. The Balaban J connectivity index is 1.89. The number of rotatable bonds is 6. The van der Waals surface area contributed by atoms with E-state index in [2.05, 4.69) is 4.99 Å². The minimum atomic E-state index is -0.519. The van der Waals surface area contributed by atoms with Crippen molar-refractivity contribution in [2.45, 2.75) is 12.5 Å². The molecule has 5 heteroatoms. The highest BCUT2D eigenvalue weighted by Crippen LogP contribution is 2.29. The first kappa shape index (κ1) is 18.0. The molecule has 0 spiro atoms. The normalized spacial score (nSPS) is 17.2. The van der Waals surface area contributed by atoms with E-state index in [9.17, 15) is 9.59 Å². The maximum Gasteiger partial charge on any atom is 0.261 e. The Morgan fingerprint density at radius 1 is 1.04 bits per heavy atom. The van der Waals surface area contributed by atoms with Gasteiger partial charge < -0.3 is 4.90 Å². The largest absolute Gasteiger partial charge is 0.308 e. The van der Waals surface area contributed by atoms with Gasteiger partial charge in [-0.1, -0.05) is 48.5 Å². The van der Waals surface area contributed by atoms with Gasteiger partial charge in [-0.2, -0.15) is 0 Å². The summed E-state index contributed by atoms with van der Waals surface area (Å²) in [7, 11) is 3.97. The predicted molar refractivity (Wildman–Crippen MR) is 102 cm³/mol. The fourth-order valence-corrected chi connectivity index (χ4v) is 3.01. The molecule has 5 nitrogen and oxygen atoms in total. The van der Waals surface area contributed by atoms with Crippen LogP contribution in [0, 0.1) is 0 Å². The quantitative estimate of drug-likeness (QED) is 0.595. The third-order valence-electron chi connectivity index (χ3n) is 4.42. The molecule has 0 bridgehead atoms. The van der Waals surface area contributed by atoms with Crippen molar-refractivity contribution < 1.29 is 9.59 Å². The zero-order valence-corrected chi connectivity index (χ0v) is 15.1. The van der Waals surface area contributed by atoms with E-state index in [1.54, 1.807) is 12.3 Å². The first-order valence-corrected chi connectivity index (χ1v) is 8.71. The number of amides is 2. The van der Waals surface area contributed by atoms with Gasteiger partial charge in [0.15, 0.2) is 0 Å². The van der Waals surface area contributed by atoms with E-state index < -0.39 is 5.92 Å². The van der Waals surface area contributed by atoms with Gasteiger partial charge in [0.05, 0.1) is 19.0 Å². The molecular formula is C21H23N3O2. The van der Waals surface area contributed by atoms with Crippen molar-refractivity contribution in [1.82, 2.24) is 9.80 Å². The minimum absolute atomic E-state index is 0.217. The average molecular weight is 349 g/mol. The van der Waals surface area contributed by atoms with Gasteiger partial charge in [-0.05, 0) is 31.3 Å². The lowest BCUT2D eigenvalue weighted by atomic mass is 9.89. The number of hydrogen-bond acceptors (Lipinski definition) is 4. The van der Waals surface area contributed by atoms with Crippen LogP contribution in [0.1, 0.15) is 27.4 Å². The molecule has 0 radical (unpaired) electrons. The van der Waals surface area contributed by atoms with Crippen molar-refractivity contribution in [2.24, 2.45) is 4.99 Å². The Morgan fingerprint density at radius 3 is 2.46 bits per heavy atom. The lowest BCUT2D eigenvalue weighted by Gasteiger charge is -2.31. The first-order valence-electron chi connectivity index (χ1n) is 8.71. The standard InChI is InChI=1S/C21H23N3O2/c1-23(2)13-12-22-14-19-17-10-6-7-11-18(17)20(25)24(21(19)26)15-16-8-4-3-5-9-16/h3-11,14,19H,12-13,15H2,1-2H3. The second-order valence-corrected chi connectivity index (χ2v) is 6.64. The molecule has 2 aromatic carbocycles. The van der Waals surface area contributed by atoms with Crippen LogP contribution < -0.4 is 0 Å². The molecule has 1 aliphatic heterocycles. The lowest BCUT2D eigenvalue weighted by molar-refractivity contribution is -0.129. The number of hydrogen-bond donors (Lipinski definition) is 0. The van der Waals surface area contributed by atoms with Gasteiger partial charge in [0.2, 0.25) is 5.91 Å². The molecule has 134 valence electrons. The van der Waals surface area contributed by atoms with Gasteiger partial charge in [0, 0.05) is 18.3 Å². The topological polar surface area (TPSA) is 53.0 Å². The van der Waals surface area contributed by atoms with Crippen LogP contribution in [0.2, 0.25) is 0 Å². The van der Waals surface area contributed by atoms with Gasteiger partial charge in [-0.3, -0.25) is 19.5 Å². The number of nitrogens with zero attached hydrogens (tertiary/aromatic N) is 3. The fourth-order valence-electron chi connectivity index (χ4n) is 3.01. The molecule has 2 amide bonds. The summed E-state index contributed by atoms with van der Waals surface area (Å²) in [5.74, 6) is -0.978. The fraction of sp³-hybridized carbons (Fsp3) is 0.286. The molecule has 0 aliphatic carbocycles. The van der Waals surface area contributed by atoms with Gasteiger partial charge in [-0.15, -0.1) is 0 Å². The maximum absolute atomic E-state index is 13.0. The summed E-state index contributed by atoms with van der Waals surface area (Å²) in [6.07, 6.45) is 1.69. The highest BCUT2D eigenvalue weighted by Gasteiger charge is 2.37. The van der Waals surface area contributed by atoms with Gasteiger partial charge >= 0.3 is 0 Å². The Kier molecular flexibility index (Phi) is 5.58. The smallest absolute Gasteiger partial charge is 0.261 e. The third-order valence-corrected chi connectivity index (χ3v) is 4.42. The van der Waals surface area contributed by atoms with Crippen molar-refractivity contribution >= 4 is 18.0 Å². The third kappa shape index (κ3) is 3.89. The van der Waals surface area contributed by atoms with Crippen LogP contribution in [-0.2, 0) is 11.3 Å². The summed E-state index contributed by atoms with van der Waals surface area (Å²) < 4.78 is 0. The molecule has 1 atom stereocenters. The number of carbonyl (C=O) groups excluding carboxylic acids is 2. The number of benzene rings is 2. The van der Waals surface area contributed by atoms with Crippen LogP contribution in [0.5, 0.6) is 0 Å². The average Bonchev–Trinajstić information content (AvgIpc) is 2.65. The van der Waals surface area contributed by atoms with E-state index in [0.717, 1.165) is 17.7 Å². The Bertz CT molecular complexity index is 815. The number of imide groups is 1. The predicted octanol–water partition coefficient (Wildman–Crippen LogP) is 2.59. The van der Waals surface area contributed by atoms with E-state index >= 15 is 0 Å². The Hall–Kier alpha value is -2.79. The summed E-state index contributed by atoms with van der Waals surface area (Å²) in [5, 5.41) is 0. The Morgan fingerprint density at radius 2 is 1.73 bits per heavy atom. The van der Waals surface area contributed by atoms with Gasteiger partial charge in [0.25, 0.3) is 5.91 Å². The van der Waals surface area contributed by atoms with Crippen molar-refractivity contribution in [3.05, 3.63) is 71.3 Å². The van der Waals surface area contributed by atoms with Crippen LogP contribution in [0.25, 0.3) is 0 Å². The number of carbonyl (C=O) groups is 2. The van der Waals surface area contributed by atoms with Crippen LogP contribution in [-0.4, -0.2) is 55.0 Å². The highest BCUT2D eigenvalue weighted by atomic mass is 16.2. The molecule has 0 saturated carbocycles. The zero-order valence-electron chi connectivity index (χ0n) is 15.1. The van der Waals surface area contributed by atoms with Crippen molar-refractivity contribution in [3.63, 3.8) is 0 Å². The monoisotopic (exact) mass is 349 g/mol. The second kappa shape index (κ2) is 8.06. The van der Waals surface area contributed by atoms with Gasteiger partial charge in [-0.25, -0.2) is 0 Å². The summed E-state index contributed by atoms with van der Waals surface area (Å²) >= 11 is 0. The summed E-state index contributed by atoms with van der Waals surface area (Å²) in [5.41, 5.74) is 2.24. The SMILES string of the molecule is CN(C)CCN=CC1C(=O)N(Cc2ccccc2)C(=O)c2ccccc21. The molecular weight excluding hydrogens is 326 g/mol. The molecule has 0 N–H and O–H groups in total. The Labute approximate surface area is 154 Å². The minimum Gasteiger partial charge on any atom is -0.308 e. The molecule has 26 heavy (non-hydrogen) atoms. The van der Waals surface area contributed by atoms with Crippen LogP contribution in [0.4, 0.5) is 0 Å². The van der Waals surface area contributed by atoms with Crippen molar-refractivity contribution in [3.8, 4) is 0 Å². The van der Waals surface area contributed by atoms with E-state index in [1.165, 1.54) is 4.90 Å². The molecule has 0 fully saturated rings. The summed E-state index contributed by atoms with van der Waals surface area (Å²) in [6, 6.07) is 16.9. The molecule has 1 heterocycles. The lowest BCUT2D eigenvalue weighted by Crippen LogP contribution is -2.44. The summed E-state index contributed by atoms with van der Waals surface area (Å²) in [4.78, 5) is 33.7. The number of fused-ring (bicyclic) bond motifs is 1. The summed E-state index contributed by atoms with van der Waals surface area (Å²) in [6.45, 7) is 1.70. The molecule has 2 aromatic rings. The van der Waals surface area contributed by atoms with E-state index in [-0.39, 0.29) is 18.4 Å². The molecule has 0 saturated heterocycles. The van der Waals surface area contributed by atoms with E-state index in [4.69, 9.17) is 0 Å². The maximum atomic E-state index is 13.0. The number of likely N-dealkylation sites (N-methyl/N-ethyl adjacent to an activating group) is 1. The van der Waals surface area contributed by atoms with Gasteiger partial charge in [0.1, 0.15) is 0 Å². The molecule has 3 rings (SSSR count). The van der Waals surface area contributed by atoms with E-state index in [0.29, 0.717) is 12.1 Å². The molecule has 0 aromatic heterocycles. The first-order chi connectivity index (χ1) is 12.6. The van der Waals surface area contributed by atoms with Crippen molar-refractivity contribution in [1.29, 1.82) is 0 Å². The number of aliphatic imine (C=N–C) groups is 1. The van der Waals surface area contributed by atoms with Crippen molar-refractivity contribution in [2.75, 3.05) is 27.2 Å². The second-order valence-electron chi connectivity index (χ2n) is 6.64. The molecule has 1 aliphatic rings. The van der Waals surface area contributed by atoms with Crippen LogP contribution in [0.3, 0.4) is 0 Å².